The third-order valence-corrected chi connectivity index (χ3v) is 7.13. The first-order valence-electron chi connectivity index (χ1n) is 13.1. The lowest BCUT2D eigenvalue weighted by atomic mass is 10.0. The molecule has 0 unspecified atom stereocenters. The van der Waals surface area contributed by atoms with Gasteiger partial charge in [0.05, 0.1) is 5.69 Å². The van der Waals surface area contributed by atoms with Gasteiger partial charge in [0.15, 0.2) is 11.3 Å². The smallest absolute Gasteiger partial charge is 0.329 e. The molecule has 1 aliphatic heterocycles. The second-order valence-corrected chi connectivity index (χ2v) is 10.2. The standard InChI is InChI=1S/C31H33N7O2/c1-20-12-14-24(15-13-20)37-16-17-38(31(37)40)27-11-7-10-25(21(27)2)26-19-36(5)28(32)29(34-26)33-23-9-6-8-22(18-23)30(39)35(3)4/h6-15,18-19,32H,16-17H2,1-5H3,(H,33,34). The van der Waals surface area contributed by atoms with Crippen molar-refractivity contribution in [2.45, 2.75) is 13.8 Å². The fourth-order valence-electron chi connectivity index (χ4n) is 4.88. The van der Waals surface area contributed by atoms with Crippen LogP contribution in [-0.4, -0.2) is 53.6 Å². The molecule has 1 aliphatic rings. The maximum atomic E-state index is 13.4. The highest BCUT2D eigenvalue weighted by molar-refractivity contribution is 6.07. The van der Waals surface area contributed by atoms with Gasteiger partial charge in [0, 0.05) is 68.6 Å². The third-order valence-electron chi connectivity index (χ3n) is 7.13. The van der Waals surface area contributed by atoms with Gasteiger partial charge < -0.3 is 14.8 Å². The predicted molar refractivity (Wildman–Crippen MR) is 158 cm³/mol. The van der Waals surface area contributed by atoms with Gasteiger partial charge in [-0.15, -0.1) is 0 Å². The van der Waals surface area contributed by atoms with Crippen molar-refractivity contribution in [1.82, 2.24) is 14.5 Å². The van der Waals surface area contributed by atoms with Crippen LogP contribution < -0.4 is 20.6 Å². The molecular formula is C31H33N7O2. The average Bonchev–Trinajstić information content (AvgIpc) is 3.32. The lowest BCUT2D eigenvalue weighted by Crippen LogP contribution is -2.32. The van der Waals surface area contributed by atoms with Crippen molar-refractivity contribution in [2.24, 2.45) is 7.05 Å². The van der Waals surface area contributed by atoms with E-state index in [1.165, 1.54) is 4.90 Å². The molecule has 0 spiro atoms. The maximum absolute atomic E-state index is 13.4. The Morgan fingerprint density at radius 3 is 2.40 bits per heavy atom. The van der Waals surface area contributed by atoms with Crippen LogP contribution in [0.3, 0.4) is 0 Å². The summed E-state index contributed by atoms with van der Waals surface area (Å²) in [7, 11) is 5.22. The average molecular weight is 536 g/mol. The van der Waals surface area contributed by atoms with Crippen LogP contribution in [0.5, 0.6) is 0 Å². The molecule has 1 fully saturated rings. The Labute approximate surface area is 233 Å². The van der Waals surface area contributed by atoms with Gasteiger partial charge >= 0.3 is 6.03 Å². The van der Waals surface area contributed by atoms with Crippen molar-refractivity contribution in [1.29, 1.82) is 5.41 Å². The monoisotopic (exact) mass is 535 g/mol. The highest BCUT2D eigenvalue weighted by Crippen LogP contribution is 2.33. The zero-order chi connectivity index (χ0) is 28.6. The summed E-state index contributed by atoms with van der Waals surface area (Å²) in [5.41, 5.74) is 6.74. The summed E-state index contributed by atoms with van der Waals surface area (Å²) >= 11 is 0. The molecule has 3 aromatic carbocycles. The molecule has 1 saturated heterocycles. The maximum Gasteiger partial charge on any atom is 0.329 e. The molecule has 0 atom stereocenters. The molecule has 1 aromatic heterocycles. The number of benzene rings is 3. The summed E-state index contributed by atoms with van der Waals surface area (Å²) in [4.78, 5) is 35.8. The molecule has 2 heterocycles. The van der Waals surface area contributed by atoms with Crippen LogP contribution in [0.2, 0.25) is 0 Å². The highest BCUT2D eigenvalue weighted by Gasteiger charge is 2.32. The number of carbonyl (C=O) groups excluding carboxylic acids is 2. The zero-order valence-electron chi connectivity index (χ0n) is 23.4. The third kappa shape index (κ3) is 5.05. The van der Waals surface area contributed by atoms with Gasteiger partial charge in [-0.25, -0.2) is 9.78 Å². The number of carbonyl (C=O) groups is 2. The summed E-state index contributed by atoms with van der Waals surface area (Å²) in [5, 5.41) is 11.8. The minimum Gasteiger partial charge on any atom is -0.345 e. The summed E-state index contributed by atoms with van der Waals surface area (Å²) in [5.74, 6) is 0.258. The van der Waals surface area contributed by atoms with Gasteiger partial charge in [-0.1, -0.05) is 35.9 Å². The number of anilines is 4. The molecule has 0 radical (unpaired) electrons. The number of nitrogens with zero attached hydrogens (tertiary/aromatic N) is 5. The van der Waals surface area contributed by atoms with E-state index < -0.39 is 0 Å². The first-order chi connectivity index (χ1) is 19.1. The highest BCUT2D eigenvalue weighted by atomic mass is 16.2. The van der Waals surface area contributed by atoms with E-state index in [2.05, 4.69) is 5.32 Å². The lowest BCUT2D eigenvalue weighted by molar-refractivity contribution is 0.0827. The first kappa shape index (κ1) is 26.7. The van der Waals surface area contributed by atoms with E-state index in [0.29, 0.717) is 35.9 Å². The quantitative estimate of drug-likeness (QED) is 0.360. The summed E-state index contributed by atoms with van der Waals surface area (Å²) in [6.07, 6.45) is 1.82. The minimum atomic E-state index is -0.105. The molecule has 9 nitrogen and oxygen atoms in total. The number of aryl methyl sites for hydroxylation is 2. The number of hydrogen-bond acceptors (Lipinski definition) is 5. The summed E-state index contributed by atoms with van der Waals surface area (Å²) in [6, 6.07) is 20.9. The Bertz CT molecular complexity index is 1660. The van der Waals surface area contributed by atoms with Crippen molar-refractivity contribution >= 4 is 34.8 Å². The molecule has 0 saturated carbocycles. The van der Waals surface area contributed by atoms with Crippen molar-refractivity contribution < 1.29 is 9.59 Å². The van der Waals surface area contributed by atoms with E-state index in [1.54, 1.807) is 48.8 Å². The fourth-order valence-corrected chi connectivity index (χ4v) is 4.88. The topological polar surface area (TPSA) is 97.6 Å². The van der Waals surface area contributed by atoms with Gasteiger partial charge in [-0.05, 0) is 55.8 Å². The number of rotatable bonds is 6. The van der Waals surface area contributed by atoms with E-state index >= 15 is 0 Å². The molecule has 4 aromatic rings. The van der Waals surface area contributed by atoms with Crippen molar-refractivity contribution in [3.63, 3.8) is 0 Å². The number of amides is 3. The molecule has 2 N–H and O–H groups in total. The van der Waals surface area contributed by atoms with Crippen molar-refractivity contribution in [3.8, 4) is 11.3 Å². The Morgan fingerprint density at radius 2 is 1.68 bits per heavy atom. The van der Waals surface area contributed by atoms with Gasteiger partial charge in [-0.2, -0.15) is 0 Å². The molecule has 204 valence electrons. The van der Waals surface area contributed by atoms with Crippen LogP contribution in [0.15, 0.2) is 72.9 Å². The molecule has 0 aliphatic carbocycles. The molecule has 40 heavy (non-hydrogen) atoms. The van der Waals surface area contributed by atoms with Gasteiger partial charge in [0.2, 0.25) is 0 Å². The fraction of sp³-hybridized carbons (Fsp3) is 0.226. The second-order valence-electron chi connectivity index (χ2n) is 10.2. The van der Waals surface area contributed by atoms with Crippen molar-refractivity contribution in [2.75, 3.05) is 42.3 Å². The molecule has 9 heteroatoms. The molecule has 3 amide bonds. The zero-order valence-corrected chi connectivity index (χ0v) is 23.4. The first-order valence-corrected chi connectivity index (χ1v) is 13.1. The van der Waals surface area contributed by atoms with Crippen LogP contribution in [0.25, 0.3) is 11.3 Å². The van der Waals surface area contributed by atoms with Crippen LogP contribution >= 0.6 is 0 Å². The summed E-state index contributed by atoms with van der Waals surface area (Å²) < 4.78 is 1.70. The van der Waals surface area contributed by atoms with Crippen LogP contribution in [0.1, 0.15) is 21.5 Å². The van der Waals surface area contributed by atoms with E-state index in [1.807, 2.05) is 73.5 Å². The molecular weight excluding hydrogens is 502 g/mol. The molecule has 0 bridgehead atoms. The Hall–Kier alpha value is -4.92. The number of nitrogens with one attached hydrogen (secondary N) is 2. The van der Waals surface area contributed by atoms with Crippen LogP contribution in [-0.2, 0) is 7.05 Å². The normalized spacial score (nSPS) is 13.1. The number of hydrogen-bond donors (Lipinski definition) is 2. The summed E-state index contributed by atoms with van der Waals surface area (Å²) in [6.45, 7) is 5.21. The van der Waals surface area contributed by atoms with E-state index in [9.17, 15) is 9.59 Å². The molecule has 5 rings (SSSR count). The van der Waals surface area contributed by atoms with Crippen LogP contribution in [0.4, 0.5) is 27.7 Å². The SMILES string of the molecule is Cc1ccc(N2CCN(c3cccc(-c4cn(C)c(=N)c(Nc5cccc(C(=O)N(C)C)c5)n4)c3C)C2=O)cc1. The van der Waals surface area contributed by atoms with Crippen LogP contribution in [0, 0.1) is 19.3 Å². The van der Waals surface area contributed by atoms with E-state index in [4.69, 9.17) is 10.4 Å². The van der Waals surface area contributed by atoms with Gasteiger partial charge in [0.25, 0.3) is 5.91 Å². The number of urea groups is 1. The largest absolute Gasteiger partial charge is 0.345 e. The number of aromatic nitrogens is 2. The Balaban J connectivity index is 1.46. The van der Waals surface area contributed by atoms with E-state index in [0.717, 1.165) is 28.1 Å². The minimum absolute atomic E-state index is 0.0568. The lowest BCUT2D eigenvalue weighted by Gasteiger charge is -2.22. The van der Waals surface area contributed by atoms with Crippen molar-refractivity contribution in [3.05, 3.63) is 95.1 Å². The second kappa shape index (κ2) is 10.7. The van der Waals surface area contributed by atoms with E-state index in [-0.39, 0.29) is 17.4 Å². The Morgan fingerprint density at radius 1 is 0.975 bits per heavy atom. The predicted octanol–water partition coefficient (Wildman–Crippen LogP) is 5.08. The van der Waals surface area contributed by atoms with Gasteiger partial charge in [-0.3, -0.25) is 20.0 Å². The van der Waals surface area contributed by atoms with Gasteiger partial charge in [0.1, 0.15) is 0 Å². The Kier molecular flexibility index (Phi) is 7.13.